The zero-order valence-electron chi connectivity index (χ0n) is 18.8. The van der Waals surface area contributed by atoms with Gasteiger partial charge in [-0.1, -0.05) is 30.3 Å². The molecule has 0 saturated carbocycles. The highest BCUT2D eigenvalue weighted by Gasteiger charge is 2.12. The summed E-state index contributed by atoms with van der Waals surface area (Å²) in [7, 11) is 0. The Kier molecular flexibility index (Phi) is 6.21. The van der Waals surface area contributed by atoms with Gasteiger partial charge in [0.25, 0.3) is 0 Å². The topological polar surface area (TPSA) is 67.2 Å². The number of hydrogen-bond donors (Lipinski definition) is 2. The van der Waals surface area contributed by atoms with Gasteiger partial charge in [0.05, 0.1) is 13.2 Å². The SMILES string of the molecule is CC(N)CCCc1ccc2c(n1)[nH]c1ccc(-c3ccc(CN4CCOCC4)cc3)cc12. The van der Waals surface area contributed by atoms with Crippen LogP contribution in [0.4, 0.5) is 0 Å². The van der Waals surface area contributed by atoms with Gasteiger partial charge in [-0.3, -0.25) is 4.90 Å². The van der Waals surface area contributed by atoms with E-state index in [0.29, 0.717) is 0 Å². The third-order valence-corrected chi connectivity index (χ3v) is 6.41. The van der Waals surface area contributed by atoms with Crippen LogP contribution in [0.2, 0.25) is 0 Å². The molecule has 5 rings (SSSR count). The summed E-state index contributed by atoms with van der Waals surface area (Å²) in [6, 6.07) is 20.2. The Morgan fingerprint density at radius 2 is 1.78 bits per heavy atom. The van der Waals surface area contributed by atoms with Crippen LogP contribution in [0.5, 0.6) is 0 Å². The maximum absolute atomic E-state index is 5.88. The van der Waals surface area contributed by atoms with E-state index in [1.165, 1.54) is 27.5 Å². The predicted octanol–water partition coefficient (Wildman–Crippen LogP) is 4.89. The van der Waals surface area contributed by atoms with Gasteiger partial charge in [-0.25, -0.2) is 4.98 Å². The molecule has 32 heavy (non-hydrogen) atoms. The molecule has 2 aromatic heterocycles. The van der Waals surface area contributed by atoms with Crippen LogP contribution in [-0.4, -0.2) is 47.2 Å². The summed E-state index contributed by atoms with van der Waals surface area (Å²) < 4.78 is 5.45. The highest BCUT2D eigenvalue weighted by Crippen LogP contribution is 2.30. The van der Waals surface area contributed by atoms with E-state index in [1.807, 2.05) is 0 Å². The van der Waals surface area contributed by atoms with Crippen molar-refractivity contribution in [3.63, 3.8) is 0 Å². The van der Waals surface area contributed by atoms with E-state index in [-0.39, 0.29) is 6.04 Å². The van der Waals surface area contributed by atoms with Crippen molar-refractivity contribution in [3.8, 4) is 11.1 Å². The Morgan fingerprint density at radius 3 is 2.56 bits per heavy atom. The molecule has 2 aromatic carbocycles. The van der Waals surface area contributed by atoms with Crippen LogP contribution in [0.1, 0.15) is 31.0 Å². The van der Waals surface area contributed by atoms with Gasteiger partial charge in [0.2, 0.25) is 0 Å². The molecule has 0 aliphatic carbocycles. The first-order valence-electron chi connectivity index (χ1n) is 11.7. The van der Waals surface area contributed by atoms with Crippen molar-refractivity contribution < 1.29 is 4.74 Å². The predicted molar refractivity (Wildman–Crippen MR) is 132 cm³/mol. The van der Waals surface area contributed by atoms with Crippen LogP contribution in [0.3, 0.4) is 0 Å². The van der Waals surface area contributed by atoms with E-state index in [2.05, 4.69) is 71.4 Å². The standard InChI is InChI=1S/C27H32N4O/c1-19(28)3-2-4-23-10-11-24-25-17-22(9-12-26(25)30-27(24)29-23)21-7-5-20(6-8-21)18-31-13-15-32-16-14-31/h5-12,17,19H,2-4,13-16,18,28H2,1H3,(H,29,30). The summed E-state index contributed by atoms with van der Waals surface area (Å²) in [6.07, 6.45) is 3.07. The molecular weight excluding hydrogens is 396 g/mol. The smallest absolute Gasteiger partial charge is 0.138 e. The lowest BCUT2D eigenvalue weighted by Crippen LogP contribution is -2.35. The minimum atomic E-state index is 0.249. The van der Waals surface area contributed by atoms with Crippen LogP contribution in [0.25, 0.3) is 33.1 Å². The van der Waals surface area contributed by atoms with Gasteiger partial charge in [-0.15, -0.1) is 0 Å². The van der Waals surface area contributed by atoms with Gasteiger partial charge in [0.15, 0.2) is 0 Å². The number of aryl methyl sites for hydroxylation is 1. The van der Waals surface area contributed by atoms with E-state index >= 15 is 0 Å². The fraction of sp³-hybridized carbons (Fsp3) is 0.370. The fourth-order valence-electron chi connectivity index (χ4n) is 4.56. The number of H-pyrrole nitrogens is 1. The van der Waals surface area contributed by atoms with Gasteiger partial charge in [0, 0.05) is 47.7 Å². The van der Waals surface area contributed by atoms with Crippen LogP contribution in [0.15, 0.2) is 54.6 Å². The molecule has 166 valence electrons. The molecule has 5 heteroatoms. The van der Waals surface area contributed by atoms with E-state index in [1.54, 1.807) is 0 Å². The Bertz CT molecular complexity index is 1190. The quantitative estimate of drug-likeness (QED) is 0.440. The third-order valence-electron chi connectivity index (χ3n) is 6.41. The summed E-state index contributed by atoms with van der Waals surface area (Å²) in [5, 5.41) is 2.41. The molecule has 1 unspecified atom stereocenters. The summed E-state index contributed by atoms with van der Waals surface area (Å²) in [6.45, 7) is 6.76. The Balaban J connectivity index is 1.35. The molecule has 1 aliphatic heterocycles. The van der Waals surface area contributed by atoms with Crippen LogP contribution < -0.4 is 5.73 Å². The third kappa shape index (κ3) is 4.70. The van der Waals surface area contributed by atoms with Crippen molar-refractivity contribution in [1.29, 1.82) is 0 Å². The number of pyridine rings is 1. The van der Waals surface area contributed by atoms with Crippen molar-refractivity contribution >= 4 is 21.9 Å². The first-order valence-corrected chi connectivity index (χ1v) is 11.7. The Hall–Kier alpha value is -2.73. The molecule has 0 amide bonds. The summed E-state index contributed by atoms with van der Waals surface area (Å²) in [5.74, 6) is 0. The molecule has 0 radical (unpaired) electrons. The van der Waals surface area contributed by atoms with Crippen molar-refractivity contribution in [3.05, 3.63) is 65.9 Å². The minimum absolute atomic E-state index is 0.249. The number of rotatable bonds is 7. The van der Waals surface area contributed by atoms with E-state index in [4.69, 9.17) is 15.5 Å². The molecular formula is C27H32N4O. The van der Waals surface area contributed by atoms with Crippen LogP contribution in [0, 0.1) is 0 Å². The lowest BCUT2D eigenvalue weighted by atomic mass is 10.0. The number of fused-ring (bicyclic) bond motifs is 3. The maximum atomic E-state index is 5.88. The minimum Gasteiger partial charge on any atom is -0.379 e. The molecule has 0 bridgehead atoms. The Labute approximate surface area is 189 Å². The molecule has 1 saturated heterocycles. The lowest BCUT2D eigenvalue weighted by molar-refractivity contribution is 0.0342. The number of benzene rings is 2. The average molecular weight is 429 g/mol. The molecule has 0 spiro atoms. The van der Waals surface area contributed by atoms with Gasteiger partial charge < -0.3 is 15.5 Å². The molecule has 4 aromatic rings. The van der Waals surface area contributed by atoms with Crippen molar-refractivity contribution in [2.75, 3.05) is 26.3 Å². The number of nitrogens with zero attached hydrogens (tertiary/aromatic N) is 2. The van der Waals surface area contributed by atoms with Gasteiger partial charge in [0.1, 0.15) is 5.65 Å². The molecule has 3 N–H and O–H groups in total. The number of nitrogens with one attached hydrogen (secondary N) is 1. The van der Waals surface area contributed by atoms with Crippen molar-refractivity contribution in [1.82, 2.24) is 14.9 Å². The van der Waals surface area contributed by atoms with Gasteiger partial charge in [-0.2, -0.15) is 0 Å². The van der Waals surface area contributed by atoms with Crippen molar-refractivity contribution in [2.45, 2.75) is 38.8 Å². The van der Waals surface area contributed by atoms with Crippen LogP contribution in [-0.2, 0) is 17.7 Å². The largest absolute Gasteiger partial charge is 0.379 e. The number of nitrogens with two attached hydrogens (primary N) is 1. The Morgan fingerprint density at radius 1 is 1.00 bits per heavy atom. The molecule has 1 fully saturated rings. The second kappa shape index (κ2) is 9.41. The molecule has 5 nitrogen and oxygen atoms in total. The summed E-state index contributed by atoms with van der Waals surface area (Å²) >= 11 is 0. The highest BCUT2D eigenvalue weighted by atomic mass is 16.5. The summed E-state index contributed by atoms with van der Waals surface area (Å²) in [5.41, 5.74) is 12.9. The first-order chi connectivity index (χ1) is 15.7. The number of aromatic nitrogens is 2. The van der Waals surface area contributed by atoms with E-state index in [0.717, 1.165) is 69.0 Å². The number of aromatic amines is 1. The van der Waals surface area contributed by atoms with Gasteiger partial charge in [-0.05, 0) is 67.1 Å². The molecule has 1 atom stereocenters. The highest BCUT2D eigenvalue weighted by molar-refractivity contribution is 6.07. The maximum Gasteiger partial charge on any atom is 0.138 e. The second-order valence-electron chi connectivity index (χ2n) is 9.04. The summed E-state index contributed by atoms with van der Waals surface area (Å²) in [4.78, 5) is 10.8. The van der Waals surface area contributed by atoms with E-state index < -0.39 is 0 Å². The number of morpholine rings is 1. The van der Waals surface area contributed by atoms with Gasteiger partial charge >= 0.3 is 0 Å². The normalized spacial score (nSPS) is 16.1. The number of hydrogen-bond acceptors (Lipinski definition) is 4. The second-order valence-corrected chi connectivity index (χ2v) is 9.04. The average Bonchev–Trinajstić information content (AvgIpc) is 3.17. The number of ether oxygens (including phenoxy) is 1. The monoisotopic (exact) mass is 428 g/mol. The van der Waals surface area contributed by atoms with Crippen molar-refractivity contribution in [2.24, 2.45) is 5.73 Å². The first kappa shape index (κ1) is 21.1. The molecule has 1 aliphatic rings. The zero-order chi connectivity index (χ0) is 21.9. The van der Waals surface area contributed by atoms with E-state index in [9.17, 15) is 0 Å². The fourth-order valence-corrected chi connectivity index (χ4v) is 4.56. The zero-order valence-corrected chi connectivity index (χ0v) is 18.8. The van der Waals surface area contributed by atoms with Crippen LogP contribution >= 0.6 is 0 Å². The lowest BCUT2D eigenvalue weighted by Gasteiger charge is -2.26. The molecule has 3 heterocycles.